The number of aliphatic hydroxyl groups is 3. The second kappa shape index (κ2) is 24.5. The minimum atomic E-state index is -1.76. The van der Waals surface area contributed by atoms with Crippen molar-refractivity contribution in [2.75, 3.05) is 78.7 Å². The van der Waals surface area contributed by atoms with Gasteiger partial charge in [-0.1, -0.05) is 71.7 Å². The molecule has 2 saturated heterocycles. The smallest absolute Gasteiger partial charge is 0.410 e. The monoisotopic (exact) mass is 1150 g/mol. The molecule has 5 N–H and O–H groups in total. The van der Waals surface area contributed by atoms with E-state index in [1.54, 1.807) is 46.1 Å². The molecule has 0 bridgehead atoms. The van der Waals surface area contributed by atoms with Gasteiger partial charge in [-0.3, -0.25) is 19.4 Å². The number of likely N-dealkylation sites (N-methyl/N-ethyl adjacent to an activating group) is 1. The number of benzene rings is 4. The fourth-order valence-electron chi connectivity index (χ4n) is 10.5. The van der Waals surface area contributed by atoms with E-state index in [1.165, 1.54) is 25.3 Å². The van der Waals surface area contributed by atoms with Crippen molar-refractivity contribution in [2.45, 2.75) is 69.0 Å². The predicted molar refractivity (Wildman–Crippen MR) is 296 cm³/mol. The molecule has 21 nitrogen and oxygen atoms in total. The summed E-state index contributed by atoms with van der Waals surface area (Å²) in [5.41, 5.74) is 7.17. The number of aliphatic hydroxyl groups excluding tert-OH is 3. The number of aromatic nitrogens is 3. The maximum Gasteiger partial charge on any atom is 0.410 e. The Morgan fingerprint density at radius 3 is 2.25 bits per heavy atom. The highest BCUT2D eigenvalue weighted by atomic mass is 35.5. The topological polar surface area (TPSA) is 255 Å². The molecule has 23 heteroatoms. The molecule has 2 fully saturated rings. The number of hydrogen-bond acceptors (Lipinski definition) is 16. The molecule has 0 saturated carbocycles. The summed E-state index contributed by atoms with van der Waals surface area (Å²) in [5.74, 6) is -0.408. The lowest BCUT2D eigenvalue weighted by Crippen LogP contribution is -2.63. The zero-order chi connectivity index (χ0) is 57.1. The fourth-order valence-corrected chi connectivity index (χ4v) is 11.0. The molecule has 426 valence electrons. The number of pyridine rings is 1. The van der Waals surface area contributed by atoms with Gasteiger partial charge in [-0.15, -0.1) is 0 Å². The van der Waals surface area contributed by atoms with Crippen LogP contribution >= 0.6 is 23.2 Å². The Balaban J connectivity index is 0.695. The molecule has 4 amide bonds. The first kappa shape index (κ1) is 57.1. The highest BCUT2D eigenvalue weighted by Crippen LogP contribution is 2.48. The number of nitrogens with one attached hydrogen (secondary N) is 2. The molecule has 4 aliphatic rings. The summed E-state index contributed by atoms with van der Waals surface area (Å²) in [7, 11) is 2.98. The Morgan fingerprint density at radius 2 is 1.54 bits per heavy atom. The van der Waals surface area contributed by atoms with Crippen LogP contribution in [0, 0.1) is 0 Å². The summed E-state index contributed by atoms with van der Waals surface area (Å²) >= 11 is 13.0. The van der Waals surface area contributed by atoms with Crippen LogP contribution in [0.3, 0.4) is 0 Å². The van der Waals surface area contributed by atoms with Crippen molar-refractivity contribution in [3.8, 4) is 50.7 Å². The number of hydrogen-bond donors (Lipinski definition) is 5. The van der Waals surface area contributed by atoms with Crippen molar-refractivity contribution in [3.63, 3.8) is 0 Å². The van der Waals surface area contributed by atoms with Crippen LogP contribution in [-0.2, 0) is 39.9 Å². The van der Waals surface area contributed by atoms with Crippen LogP contribution in [0.2, 0.25) is 10.0 Å². The quantitative estimate of drug-likeness (QED) is 0.0598. The molecule has 0 unspecified atom stereocenters. The van der Waals surface area contributed by atoms with E-state index in [-0.39, 0.29) is 70.1 Å². The van der Waals surface area contributed by atoms with E-state index in [0.29, 0.717) is 80.6 Å². The van der Waals surface area contributed by atoms with Crippen LogP contribution in [0.5, 0.6) is 11.5 Å². The van der Waals surface area contributed by atoms with Gasteiger partial charge in [-0.2, -0.15) is 5.10 Å². The Kier molecular flexibility index (Phi) is 17.3. The minimum absolute atomic E-state index is 0.00587. The lowest BCUT2D eigenvalue weighted by Gasteiger charge is -2.41. The first-order valence-electron chi connectivity index (χ1n) is 26.3. The van der Waals surface area contributed by atoms with E-state index in [4.69, 9.17) is 61.5 Å². The van der Waals surface area contributed by atoms with Crippen molar-refractivity contribution in [3.05, 3.63) is 130 Å². The van der Waals surface area contributed by atoms with Crippen LogP contribution in [0.1, 0.15) is 53.6 Å². The van der Waals surface area contributed by atoms with Gasteiger partial charge in [0.05, 0.1) is 88.5 Å². The van der Waals surface area contributed by atoms with Crippen LogP contribution in [0.25, 0.3) is 39.2 Å². The molecule has 1 aliphatic carbocycles. The normalized spacial score (nSPS) is 19.8. The lowest BCUT2D eigenvalue weighted by atomic mass is 9.94. The molecule has 2 aromatic heterocycles. The van der Waals surface area contributed by atoms with Gasteiger partial charge >= 0.3 is 6.09 Å². The fraction of sp³-hybridized carbons (Fsp3) is 0.379. The number of anilines is 1. The maximum absolute atomic E-state index is 14.4. The Hall–Kier alpha value is -7.18. The molecule has 6 aromatic rings. The van der Waals surface area contributed by atoms with Gasteiger partial charge in [0.25, 0.3) is 11.8 Å². The highest BCUT2D eigenvalue weighted by molar-refractivity contribution is 6.34. The SMILES string of the molecule is COc1cc2c(cc1-c1cncc(NC(=O)CCOCCOCCNC(=O)[C@H]3O[C@@H](CN(C)C(=O)OC4c5ccccc5-c5ccccc54)[C@H](O)[C@@H](O)[C@H]3O)c1)-c1c(c(C(=O)N3CCOCC3(C)C)nn1-c1cc(Cl)cc(Cl)c1)CO2. The molecule has 81 heavy (non-hydrogen) atoms. The van der Waals surface area contributed by atoms with Gasteiger partial charge in [0, 0.05) is 75.8 Å². The number of amides is 4. The predicted octanol–water partition coefficient (Wildman–Crippen LogP) is 6.23. The molecular formula is C58H61Cl2N7O14. The zero-order valence-corrected chi connectivity index (χ0v) is 46.3. The summed E-state index contributed by atoms with van der Waals surface area (Å²) in [4.78, 5) is 61.4. The minimum Gasteiger partial charge on any atom is -0.496 e. The average molecular weight is 1150 g/mol. The van der Waals surface area contributed by atoms with Crippen molar-refractivity contribution >= 4 is 52.7 Å². The number of rotatable bonds is 18. The number of ether oxygens (including phenoxy) is 7. The average Bonchev–Trinajstić information content (AvgIpc) is 4.24. The number of halogens is 2. The lowest BCUT2D eigenvalue weighted by molar-refractivity contribution is -0.222. The molecule has 3 aliphatic heterocycles. The molecule has 5 heterocycles. The van der Waals surface area contributed by atoms with Gasteiger partial charge in [-0.05, 0) is 55.3 Å². The van der Waals surface area contributed by atoms with Crippen LogP contribution in [-0.4, -0.2) is 173 Å². The van der Waals surface area contributed by atoms with Crippen molar-refractivity contribution in [1.29, 1.82) is 0 Å². The van der Waals surface area contributed by atoms with Crippen molar-refractivity contribution < 1.29 is 67.7 Å². The van der Waals surface area contributed by atoms with Gasteiger partial charge in [0.1, 0.15) is 42.5 Å². The third kappa shape index (κ3) is 12.1. The van der Waals surface area contributed by atoms with E-state index >= 15 is 0 Å². The highest BCUT2D eigenvalue weighted by Gasteiger charge is 2.48. The van der Waals surface area contributed by atoms with Gasteiger partial charge in [0.2, 0.25) is 5.91 Å². The van der Waals surface area contributed by atoms with E-state index in [2.05, 4.69) is 15.6 Å². The third-order valence-electron chi connectivity index (χ3n) is 14.6. The summed E-state index contributed by atoms with van der Waals surface area (Å²) in [6, 6.07) is 25.7. The van der Waals surface area contributed by atoms with E-state index in [1.807, 2.05) is 68.4 Å². The molecule has 0 radical (unpaired) electrons. The summed E-state index contributed by atoms with van der Waals surface area (Å²) in [6.45, 7) is 5.22. The number of nitrogens with zero attached hydrogens (tertiary/aromatic N) is 5. The largest absolute Gasteiger partial charge is 0.496 e. The molecular weight excluding hydrogens is 1090 g/mol. The first-order chi connectivity index (χ1) is 39.0. The van der Waals surface area contributed by atoms with E-state index in [9.17, 15) is 34.5 Å². The molecule has 0 spiro atoms. The number of fused-ring (bicyclic) bond motifs is 6. The summed E-state index contributed by atoms with van der Waals surface area (Å²) < 4.78 is 42.5. The second-order valence-electron chi connectivity index (χ2n) is 20.5. The van der Waals surface area contributed by atoms with Crippen LogP contribution in [0.15, 0.2) is 97.3 Å². The van der Waals surface area contributed by atoms with E-state index in [0.717, 1.165) is 22.3 Å². The first-order valence-corrected chi connectivity index (χ1v) is 27.1. The Labute approximate surface area is 476 Å². The molecule has 5 atom stereocenters. The van der Waals surface area contributed by atoms with Gasteiger partial charge in [-0.25, -0.2) is 9.48 Å². The van der Waals surface area contributed by atoms with E-state index < -0.39 is 54.2 Å². The number of morpholine rings is 1. The van der Waals surface area contributed by atoms with Crippen LogP contribution in [0.4, 0.5) is 10.5 Å². The van der Waals surface area contributed by atoms with Crippen molar-refractivity contribution in [2.24, 2.45) is 0 Å². The Morgan fingerprint density at radius 1 is 0.840 bits per heavy atom. The molecule has 4 aromatic carbocycles. The maximum atomic E-state index is 14.4. The second-order valence-corrected chi connectivity index (χ2v) is 21.4. The Bertz CT molecular complexity index is 3280. The van der Waals surface area contributed by atoms with Gasteiger partial charge < -0.3 is 68.9 Å². The summed E-state index contributed by atoms with van der Waals surface area (Å²) in [5, 5.41) is 43.3. The number of methoxy groups -OCH3 is 1. The van der Waals surface area contributed by atoms with Crippen molar-refractivity contribution in [1.82, 2.24) is 29.9 Å². The van der Waals surface area contributed by atoms with Gasteiger partial charge in [0.15, 0.2) is 17.9 Å². The number of carbonyl (C=O) groups excluding carboxylic acids is 4. The third-order valence-corrected chi connectivity index (χ3v) is 15.0. The van der Waals surface area contributed by atoms with Crippen LogP contribution < -0.4 is 20.1 Å². The molecule has 10 rings (SSSR count). The number of carbonyl (C=O) groups is 4. The summed E-state index contributed by atoms with van der Waals surface area (Å²) in [6.07, 6.45) is -6.15. The zero-order valence-electron chi connectivity index (χ0n) is 44.8. The standard InChI is InChI=1S/C58H61Cl2N7O14/c1-58(2)31-78-18-15-66(58)56(73)48-43-30-79-45-26-44(75-4)41(25-42(45)49(43)67(64-48)36-23-33(59)22-34(60)24-36)32-21-35(28-61-27-32)63-47(68)13-16-76-19-20-77-17-14-62-55(72)54-52(71)51(70)50(69)46(80-54)29-65(3)57(74)81-53-39-11-7-5-9-37(39)38-10-6-8-12-40(38)53/h5-12,21-28,46,50-54,69-71H,13-20,29-31H2,1-4H3,(H,62,72)(H,63,68)/t46-,50-,51+,52+,54-/m0/s1.